The van der Waals surface area contributed by atoms with E-state index in [9.17, 15) is 13.2 Å². The van der Waals surface area contributed by atoms with E-state index < -0.39 is 14.6 Å². The smallest absolute Gasteiger partial charge is 0.223 e. The van der Waals surface area contributed by atoms with E-state index in [1.54, 1.807) is 18.1 Å². The van der Waals surface area contributed by atoms with Crippen molar-refractivity contribution in [3.05, 3.63) is 34.9 Å². The number of rotatable bonds is 5. The molecule has 1 atom stereocenters. The van der Waals surface area contributed by atoms with Crippen LogP contribution in [-0.4, -0.2) is 56.5 Å². The number of amides is 1. The number of carbonyl (C=O) groups is 1. The molecule has 24 heavy (non-hydrogen) atoms. The van der Waals surface area contributed by atoms with Gasteiger partial charge >= 0.3 is 0 Å². The number of aryl methyl sites for hydroxylation is 1. The third-order valence-electron chi connectivity index (χ3n) is 5.30. The lowest BCUT2D eigenvalue weighted by atomic mass is 9.83. The third-order valence-corrected chi connectivity index (χ3v) is 8.27. The molecule has 132 valence electrons. The summed E-state index contributed by atoms with van der Waals surface area (Å²) in [6.45, 7) is 1.02. The van der Waals surface area contributed by atoms with Crippen molar-refractivity contribution in [1.82, 2.24) is 4.90 Å². The fourth-order valence-electron chi connectivity index (χ4n) is 3.79. The summed E-state index contributed by atoms with van der Waals surface area (Å²) in [4.78, 5) is 14.0. The van der Waals surface area contributed by atoms with Crippen LogP contribution in [0.25, 0.3) is 0 Å². The number of sulfone groups is 1. The van der Waals surface area contributed by atoms with Gasteiger partial charge in [-0.1, -0.05) is 29.8 Å². The normalized spacial score (nSPS) is 24.1. The summed E-state index contributed by atoms with van der Waals surface area (Å²) in [6.07, 6.45) is 1.53. The van der Waals surface area contributed by atoms with Crippen molar-refractivity contribution < 1.29 is 17.9 Å². The Hall–Kier alpha value is -1.11. The predicted octanol–water partition coefficient (Wildman–Crippen LogP) is 1.93. The maximum Gasteiger partial charge on any atom is 0.223 e. The summed E-state index contributed by atoms with van der Waals surface area (Å²) in [5.74, 6) is 0.168. The van der Waals surface area contributed by atoms with Crippen LogP contribution >= 0.6 is 11.6 Å². The monoisotopic (exact) mass is 371 g/mol. The molecule has 1 amide bonds. The van der Waals surface area contributed by atoms with E-state index in [0.717, 1.165) is 5.56 Å². The predicted molar refractivity (Wildman–Crippen MR) is 92.9 cm³/mol. The molecule has 2 aliphatic rings. The molecule has 0 saturated carbocycles. The van der Waals surface area contributed by atoms with Crippen molar-refractivity contribution in [2.45, 2.75) is 24.0 Å². The summed E-state index contributed by atoms with van der Waals surface area (Å²) in [5, 5.41) is 0.656. The van der Waals surface area contributed by atoms with Gasteiger partial charge in [0.2, 0.25) is 5.91 Å². The first-order valence-corrected chi connectivity index (χ1v) is 10.1. The lowest BCUT2D eigenvalue weighted by molar-refractivity contribution is -0.137. The molecule has 2 fully saturated rings. The number of likely N-dealkylation sites (tertiary alicyclic amines) is 1. The average Bonchev–Trinajstić information content (AvgIpc) is 2.76. The second-order valence-corrected chi connectivity index (χ2v) is 9.52. The molecule has 7 heteroatoms. The minimum atomic E-state index is -3.16. The third kappa shape index (κ3) is 2.95. The molecule has 0 unspecified atom stereocenters. The number of halogens is 1. The van der Waals surface area contributed by atoms with Crippen molar-refractivity contribution in [3.63, 3.8) is 0 Å². The van der Waals surface area contributed by atoms with E-state index in [-0.39, 0.29) is 17.6 Å². The van der Waals surface area contributed by atoms with Crippen LogP contribution in [0.4, 0.5) is 0 Å². The Balaban J connectivity index is 1.61. The lowest BCUT2D eigenvalue weighted by Crippen LogP contribution is -2.68. The standard InChI is InChI=1S/C17H22ClNO4S/c1-23-10-14-8-9-24(21,22)17(14)11-19(12-17)16(20)7-6-13-4-2-3-5-15(13)18/h2-5,14H,6-12H2,1H3/t14-/m1/s1. The number of benzene rings is 1. The molecular formula is C17H22ClNO4S. The van der Waals surface area contributed by atoms with Gasteiger partial charge in [-0.2, -0.15) is 0 Å². The highest BCUT2D eigenvalue weighted by Gasteiger charge is 2.62. The van der Waals surface area contributed by atoms with Gasteiger partial charge in [-0.3, -0.25) is 4.79 Å². The maximum absolute atomic E-state index is 12.4. The van der Waals surface area contributed by atoms with Gasteiger partial charge in [0.25, 0.3) is 0 Å². The number of ether oxygens (including phenoxy) is 1. The maximum atomic E-state index is 12.4. The summed E-state index contributed by atoms with van der Waals surface area (Å²) < 4.78 is 29.3. The van der Waals surface area contributed by atoms with E-state index in [1.807, 2.05) is 18.2 Å². The van der Waals surface area contributed by atoms with Gasteiger partial charge in [-0.15, -0.1) is 0 Å². The molecule has 2 heterocycles. The van der Waals surface area contributed by atoms with Gasteiger partial charge in [0.05, 0.1) is 12.4 Å². The molecule has 1 aromatic rings. The molecule has 0 N–H and O–H groups in total. The van der Waals surface area contributed by atoms with Crippen LogP contribution in [0.1, 0.15) is 18.4 Å². The van der Waals surface area contributed by atoms with E-state index in [1.165, 1.54) is 0 Å². The average molecular weight is 372 g/mol. The Bertz CT molecular complexity index is 728. The molecular weight excluding hydrogens is 350 g/mol. The largest absolute Gasteiger partial charge is 0.384 e. The van der Waals surface area contributed by atoms with Gasteiger partial charge in [-0.05, 0) is 24.5 Å². The van der Waals surface area contributed by atoms with E-state index in [0.29, 0.717) is 44.0 Å². The quantitative estimate of drug-likeness (QED) is 0.793. The molecule has 3 rings (SSSR count). The van der Waals surface area contributed by atoms with Crippen LogP contribution in [0.15, 0.2) is 24.3 Å². The number of methoxy groups -OCH3 is 1. The molecule has 1 aromatic carbocycles. The minimum Gasteiger partial charge on any atom is -0.384 e. The van der Waals surface area contributed by atoms with Crippen LogP contribution in [0.5, 0.6) is 0 Å². The zero-order valence-corrected chi connectivity index (χ0v) is 15.3. The van der Waals surface area contributed by atoms with Crippen LogP contribution in [0, 0.1) is 5.92 Å². The van der Waals surface area contributed by atoms with Crippen LogP contribution < -0.4 is 0 Å². The molecule has 2 aliphatic heterocycles. The fourth-order valence-corrected chi connectivity index (χ4v) is 6.42. The summed E-state index contributed by atoms with van der Waals surface area (Å²) >= 11 is 6.11. The molecule has 2 saturated heterocycles. The number of nitrogens with zero attached hydrogens (tertiary/aromatic N) is 1. The molecule has 0 aromatic heterocycles. The highest BCUT2D eigenvalue weighted by Crippen LogP contribution is 2.45. The van der Waals surface area contributed by atoms with E-state index in [4.69, 9.17) is 16.3 Å². The minimum absolute atomic E-state index is 0.0138. The molecule has 0 bridgehead atoms. The first-order chi connectivity index (χ1) is 11.4. The highest BCUT2D eigenvalue weighted by molar-refractivity contribution is 7.93. The van der Waals surface area contributed by atoms with Crippen LogP contribution in [-0.2, 0) is 25.8 Å². The van der Waals surface area contributed by atoms with Crippen LogP contribution in [0.2, 0.25) is 5.02 Å². The summed E-state index contributed by atoms with van der Waals surface area (Å²) in [7, 11) is -1.57. The second-order valence-electron chi connectivity index (χ2n) is 6.67. The van der Waals surface area contributed by atoms with Crippen molar-refractivity contribution in [3.8, 4) is 0 Å². The molecule has 0 radical (unpaired) electrons. The topological polar surface area (TPSA) is 63.7 Å². The molecule has 1 spiro atoms. The SMILES string of the molecule is COC[C@H]1CCS(=O)(=O)C12CN(C(=O)CCc1ccccc1Cl)C2. The Labute approximate surface area is 147 Å². The van der Waals surface area contributed by atoms with Crippen molar-refractivity contribution in [1.29, 1.82) is 0 Å². The van der Waals surface area contributed by atoms with E-state index in [2.05, 4.69) is 0 Å². The second kappa shape index (κ2) is 6.65. The number of carbonyl (C=O) groups excluding carboxylic acids is 1. The van der Waals surface area contributed by atoms with Gasteiger partial charge < -0.3 is 9.64 Å². The Kier molecular flexibility index (Phi) is 4.91. The van der Waals surface area contributed by atoms with Crippen LogP contribution in [0.3, 0.4) is 0 Å². The Morgan fingerprint density at radius 3 is 2.75 bits per heavy atom. The summed E-state index contributed by atoms with van der Waals surface area (Å²) in [6, 6.07) is 7.46. The van der Waals surface area contributed by atoms with Gasteiger partial charge in [0.1, 0.15) is 4.75 Å². The Morgan fingerprint density at radius 1 is 1.38 bits per heavy atom. The number of hydrogen-bond acceptors (Lipinski definition) is 4. The van der Waals surface area contributed by atoms with E-state index >= 15 is 0 Å². The molecule has 0 aliphatic carbocycles. The zero-order chi connectivity index (χ0) is 17.4. The molecule has 5 nitrogen and oxygen atoms in total. The zero-order valence-electron chi connectivity index (χ0n) is 13.7. The Morgan fingerprint density at radius 2 is 2.08 bits per heavy atom. The van der Waals surface area contributed by atoms with Crippen molar-refractivity contribution in [2.24, 2.45) is 5.92 Å². The first kappa shape index (κ1) is 17.7. The first-order valence-electron chi connectivity index (χ1n) is 8.12. The fraction of sp³-hybridized carbons (Fsp3) is 0.588. The number of hydrogen-bond donors (Lipinski definition) is 0. The summed E-state index contributed by atoms with van der Waals surface area (Å²) in [5.41, 5.74) is 0.938. The van der Waals surface area contributed by atoms with Gasteiger partial charge in [-0.25, -0.2) is 8.42 Å². The lowest BCUT2D eigenvalue weighted by Gasteiger charge is -2.49. The van der Waals surface area contributed by atoms with Gasteiger partial charge in [0.15, 0.2) is 9.84 Å². The highest BCUT2D eigenvalue weighted by atomic mass is 35.5. The van der Waals surface area contributed by atoms with Crippen molar-refractivity contribution >= 4 is 27.3 Å². The van der Waals surface area contributed by atoms with Crippen molar-refractivity contribution in [2.75, 3.05) is 32.6 Å². The van der Waals surface area contributed by atoms with Gasteiger partial charge in [0, 0.05) is 37.6 Å².